The first-order chi connectivity index (χ1) is 9.41. The summed E-state index contributed by atoms with van der Waals surface area (Å²) in [6, 6.07) is 5.35. The molecule has 0 bridgehead atoms. The lowest BCUT2D eigenvalue weighted by Gasteiger charge is -2.40. The summed E-state index contributed by atoms with van der Waals surface area (Å²) >= 11 is 0. The first-order valence-corrected chi connectivity index (χ1v) is 6.99. The van der Waals surface area contributed by atoms with Gasteiger partial charge in [0.05, 0.1) is 4.92 Å². The van der Waals surface area contributed by atoms with Gasteiger partial charge in [-0.05, 0) is 52.2 Å². The number of piperidine rings is 1. The minimum Gasteiger partial charge on any atom is -0.361 e. The van der Waals surface area contributed by atoms with Crippen molar-refractivity contribution in [1.29, 1.82) is 0 Å². The van der Waals surface area contributed by atoms with Crippen LogP contribution in [0.2, 0.25) is 0 Å². The van der Waals surface area contributed by atoms with E-state index >= 15 is 0 Å². The Balaban J connectivity index is 2.49. The number of hydrogen-bond acceptors (Lipinski definition) is 4. The Labute approximate surface area is 118 Å². The smallest absolute Gasteiger partial charge is 0.293 e. The molecule has 1 aliphatic rings. The zero-order chi connectivity index (χ0) is 14.9. The van der Waals surface area contributed by atoms with E-state index in [1.54, 1.807) is 12.1 Å². The number of anilines is 1. The van der Waals surface area contributed by atoms with Gasteiger partial charge in [0.15, 0.2) is 5.78 Å². The average Bonchev–Trinajstić information content (AvgIpc) is 2.38. The van der Waals surface area contributed by atoms with Crippen LogP contribution in [0.3, 0.4) is 0 Å². The van der Waals surface area contributed by atoms with Crippen LogP contribution < -0.4 is 4.90 Å². The highest BCUT2D eigenvalue weighted by molar-refractivity contribution is 5.95. The molecule has 0 N–H and O–H groups in total. The molecule has 0 saturated carbocycles. The van der Waals surface area contributed by atoms with Crippen LogP contribution in [-0.4, -0.2) is 22.8 Å². The van der Waals surface area contributed by atoms with Crippen LogP contribution in [0.4, 0.5) is 11.4 Å². The summed E-state index contributed by atoms with van der Waals surface area (Å²) in [7, 11) is 0. The molecule has 0 aromatic heterocycles. The van der Waals surface area contributed by atoms with Gasteiger partial charge < -0.3 is 4.90 Å². The maximum Gasteiger partial charge on any atom is 0.293 e. The van der Waals surface area contributed by atoms with Crippen LogP contribution in [0.25, 0.3) is 0 Å². The quantitative estimate of drug-likeness (QED) is 0.481. The van der Waals surface area contributed by atoms with Gasteiger partial charge >= 0.3 is 0 Å². The van der Waals surface area contributed by atoms with Crippen molar-refractivity contribution in [3.63, 3.8) is 0 Å². The number of nitro groups is 1. The van der Waals surface area contributed by atoms with Crippen molar-refractivity contribution in [2.24, 2.45) is 0 Å². The van der Waals surface area contributed by atoms with Gasteiger partial charge in [-0.15, -0.1) is 0 Å². The molecule has 1 heterocycles. The van der Waals surface area contributed by atoms with Crippen LogP contribution >= 0.6 is 0 Å². The average molecular weight is 276 g/mol. The second-order valence-electron chi connectivity index (χ2n) is 5.55. The number of hydrogen-bond donors (Lipinski definition) is 0. The number of ketones is 1. The number of benzene rings is 1. The number of carbonyl (C=O) groups is 1. The highest BCUT2D eigenvalue weighted by atomic mass is 16.6. The first-order valence-electron chi connectivity index (χ1n) is 6.99. The number of nitro benzene ring substituents is 1. The van der Waals surface area contributed by atoms with E-state index in [4.69, 9.17) is 0 Å². The fourth-order valence-corrected chi connectivity index (χ4v) is 3.00. The molecular formula is C15H20N2O3. The SMILES string of the molecule is CC(=O)c1ccc(N2C(C)CCCC2C)c([N+](=O)[O-])c1. The van der Waals surface area contributed by atoms with Crippen LogP contribution in [-0.2, 0) is 0 Å². The number of Topliss-reactive ketones (excluding diaryl/α,β-unsaturated/α-hetero) is 1. The van der Waals surface area contributed by atoms with Crippen molar-refractivity contribution in [3.8, 4) is 0 Å². The van der Waals surface area contributed by atoms with Crippen molar-refractivity contribution in [1.82, 2.24) is 0 Å². The minimum absolute atomic E-state index is 0.0262. The normalized spacial score (nSPS) is 22.6. The van der Waals surface area contributed by atoms with Crippen molar-refractivity contribution in [3.05, 3.63) is 33.9 Å². The topological polar surface area (TPSA) is 63.5 Å². The van der Waals surface area contributed by atoms with Gasteiger partial charge in [0, 0.05) is 23.7 Å². The van der Waals surface area contributed by atoms with E-state index in [0.29, 0.717) is 11.3 Å². The molecule has 0 amide bonds. The maximum atomic E-state index is 11.4. The lowest BCUT2D eigenvalue weighted by molar-refractivity contribution is -0.384. The van der Waals surface area contributed by atoms with E-state index < -0.39 is 4.92 Å². The number of carbonyl (C=O) groups excluding carboxylic acids is 1. The summed E-state index contributed by atoms with van der Waals surface area (Å²) in [4.78, 5) is 24.4. The van der Waals surface area contributed by atoms with Crippen LogP contribution in [0, 0.1) is 10.1 Å². The molecule has 2 unspecified atom stereocenters. The van der Waals surface area contributed by atoms with Crippen LogP contribution in [0.15, 0.2) is 18.2 Å². The zero-order valence-electron chi connectivity index (χ0n) is 12.1. The van der Waals surface area contributed by atoms with E-state index in [0.717, 1.165) is 19.3 Å². The highest BCUT2D eigenvalue weighted by Crippen LogP contribution is 2.36. The molecule has 1 aliphatic heterocycles. The standard InChI is InChI=1S/C15H20N2O3/c1-10-5-4-6-11(2)16(10)14-8-7-13(12(3)18)9-15(14)17(19)20/h7-11H,4-6H2,1-3H3. The predicted molar refractivity (Wildman–Crippen MR) is 78.4 cm³/mol. The molecule has 0 radical (unpaired) electrons. The molecule has 1 fully saturated rings. The summed E-state index contributed by atoms with van der Waals surface area (Å²) in [6.45, 7) is 5.61. The molecular weight excluding hydrogens is 256 g/mol. The molecule has 2 rings (SSSR count). The fraction of sp³-hybridized carbons (Fsp3) is 0.533. The van der Waals surface area contributed by atoms with Crippen molar-refractivity contribution < 1.29 is 9.72 Å². The summed E-state index contributed by atoms with van der Waals surface area (Å²) < 4.78 is 0. The van der Waals surface area contributed by atoms with E-state index in [-0.39, 0.29) is 23.6 Å². The Morgan fingerprint density at radius 2 is 1.90 bits per heavy atom. The van der Waals surface area contributed by atoms with Gasteiger partial charge in [0.25, 0.3) is 5.69 Å². The molecule has 1 aromatic rings. The molecule has 1 saturated heterocycles. The zero-order valence-corrected chi connectivity index (χ0v) is 12.1. The molecule has 2 atom stereocenters. The summed E-state index contributed by atoms with van der Waals surface area (Å²) in [5.41, 5.74) is 1.04. The fourth-order valence-electron chi connectivity index (χ4n) is 3.00. The minimum atomic E-state index is -0.393. The Bertz CT molecular complexity index is 532. The third-order valence-electron chi connectivity index (χ3n) is 4.05. The Morgan fingerprint density at radius 1 is 1.30 bits per heavy atom. The Kier molecular flexibility index (Phi) is 4.06. The second-order valence-corrected chi connectivity index (χ2v) is 5.55. The number of nitrogens with zero attached hydrogens (tertiary/aromatic N) is 2. The summed E-state index contributed by atoms with van der Waals surface area (Å²) in [5.74, 6) is -0.153. The van der Waals surface area contributed by atoms with Gasteiger partial charge in [0.1, 0.15) is 5.69 Å². The molecule has 5 nitrogen and oxygen atoms in total. The predicted octanol–water partition coefficient (Wildman–Crippen LogP) is 3.56. The highest BCUT2D eigenvalue weighted by Gasteiger charge is 2.30. The lowest BCUT2D eigenvalue weighted by Crippen LogP contribution is -2.44. The molecule has 108 valence electrons. The van der Waals surface area contributed by atoms with Gasteiger partial charge in [0.2, 0.25) is 0 Å². The van der Waals surface area contributed by atoms with Gasteiger partial charge in [-0.3, -0.25) is 14.9 Å². The van der Waals surface area contributed by atoms with E-state index in [2.05, 4.69) is 18.7 Å². The lowest BCUT2D eigenvalue weighted by atomic mass is 9.96. The first kappa shape index (κ1) is 14.5. The molecule has 0 aliphatic carbocycles. The third-order valence-corrected chi connectivity index (χ3v) is 4.05. The monoisotopic (exact) mass is 276 g/mol. The van der Waals surface area contributed by atoms with Gasteiger partial charge in [-0.2, -0.15) is 0 Å². The van der Waals surface area contributed by atoms with E-state index in [1.807, 2.05) is 0 Å². The van der Waals surface area contributed by atoms with Crippen molar-refractivity contribution >= 4 is 17.2 Å². The van der Waals surface area contributed by atoms with Gasteiger partial charge in [-0.1, -0.05) is 0 Å². The van der Waals surface area contributed by atoms with E-state index in [9.17, 15) is 14.9 Å². The second kappa shape index (κ2) is 5.61. The van der Waals surface area contributed by atoms with E-state index in [1.165, 1.54) is 13.0 Å². The molecule has 5 heteroatoms. The molecule has 0 spiro atoms. The maximum absolute atomic E-state index is 11.4. The van der Waals surface area contributed by atoms with Gasteiger partial charge in [-0.25, -0.2) is 0 Å². The molecule has 1 aromatic carbocycles. The largest absolute Gasteiger partial charge is 0.361 e. The Morgan fingerprint density at radius 3 is 2.40 bits per heavy atom. The third kappa shape index (κ3) is 2.66. The Hall–Kier alpha value is -1.91. The van der Waals surface area contributed by atoms with Crippen LogP contribution in [0.5, 0.6) is 0 Å². The number of rotatable bonds is 3. The molecule has 20 heavy (non-hydrogen) atoms. The summed E-state index contributed by atoms with van der Waals surface area (Å²) in [5, 5.41) is 11.3. The van der Waals surface area contributed by atoms with Crippen molar-refractivity contribution in [2.45, 2.75) is 52.1 Å². The van der Waals surface area contributed by atoms with Crippen LogP contribution in [0.1, 0.15) is 50.4 Å². The summed E-state index contributed by atoms with van der Waals surface area (Å²) in [6.07, 6.45) is 3.23. The van der Waals surface area contributed by atoms with Crippen molar-refractivity contribution in [2.75, 3.05) is 4.90 Å².